The summed E-state index contributed by atoms with van der Waals surface area (Å²) in [4.78, 5) is 19.9. The van der Waals surface area contributed by atoms with E-state index in [1.165, 1.54) is 17.3 Å². The van der Waals surface area contributed by atoms with E-state index in [-0.39, 0.29) is 16.2 Å². The molecule has 2 heterocycles. The topological polar surface area (TPSA) is 76.5 Å². The van der Waals surface area contributed by atoms with Crippen molar-refractivity contribution in [3.05, 3.63) is 70.3 Å². The molecular weight excluding hydrogens is 394 g/mol. The summed E-state index contributed by atoms with van der Waals surface area (Å²) >= 11 is 1.52. The predicted octanol–water partition coefficient (Wildman–Crippen LogP) is 4.87. The van der Waals surface area contributed by atoms with Gasteiger partial charge in [0, 0.05) is 12.6 Å². The first-order chi connectivity index (χ1) is 14.2. The second kappa shape index (κ2) is 7.72. The van der Waals surface area contributed by atoms with Crippen molar-refractivity contribution in [3.63, 3.8) is 0 Å². The molecule has 0 aliphatic heterocycles. The Morgan fingerprint density at radius 3 is 2.43 bits per heavy atom. The van der Waals surface area contributed by atoms with Crippen LogP contribution in [0.4, 0.5) is 0 Å². The van der Waals surface area contributed by atoms with E-state index in [4.69, 9.17) is 0 Å². The van der Waals surface area contributed by atoms with Crippen LogP contribution in [-0.2, 0) is 12.5 Å². The van der Waals surface area contributed by atoms with Crippen LogP contribution in [0.25, 0.3) is 22.3 Å². The van der Waals surface area contributed by atoms with E-state index >= 15 is 0 Å². The summed E-state index contributed by atoms with van der Waals surface area (Å²) in [5.74, 6) is 1.44. The zero-order valence-electron chi connectivity index (χ0n) is 17.8. The maximum Gasteiger partial charge on any atom is 0.258 e. The van der Waals surface area contributed by atoms with Crippen LogP contribution < -0.4 is 5.56 Å². The van der Waals surface area contributed by atoms with Crippen LogP contribution in [0, 0.1) is 0 Å². The molecule has 0 saturated carbocycles. The fourth-order valence-electron chi connectivity index (χ4n) is 3.30. The van der Waals surface area contributed by atoms with Crippen LogP contribution in [0.2, 0.25) is 0 Å². The van der Waals surface area contributed by atoms with Gasteiger partial charge in [0.1, 0.15) is 5.82 Å². The van der Waals surface area contributed by atoms with E-state index in [1.54, 1.807) is 6.07 Å². The molecule has 2 aromatic heterocycles. The van der Waals surface area contributed by atoms with Crippen LogP contribution in [0.3, 0.4) is 0 Å². The molecule has 30 heavy (non-hydrogen) atoms. The molecular formula is C23H25N5OS. The Bertz CT molecular complexity index is 1250. The van der Waals surface area contributed by atoms with Crippen LogP contribution in [0.15, 0.2) is 58.5 Å². The molecule has 0 spiro atoms. The first-order valence-electron chi connectivity index (χ1n) is 9.90. The van der Waals surface area contributed by atoms with Gasteiger partial charge in [0.25, 0.3) is 5.56 Å². The van der Waals surface area contributed by atoms with Gasteiger partial charge >= 0.3 is 0 Å². The summed E-state index contributed by atoms with van der Waals surface area (Å²) in [6, 6.07) is 15.8. The van der Waals surface area contributed by atoms with Crippen molar-refractivity contribution in [1.29, 1.82) is 0 Å². The Labute approximate surface area is 179 Å². The number of fused-ring (bicyclic) bond motifs is 1. The molecule has 0 aliphatic rings. The van der Waals surface area contributed by atoms with Gasteiger partial charge in [-0.3, -0.25) is 4.79 Å². The number of nitrogens with zero attached hydrogens (tertiary/aromatic N) is 4. The number of hydrogen-bond acceptors (Lipinski definition) is 5. The Morgan fingerprint density at radius 1 is 1.03 bits per heavy atom. The number of aromatic amines is 1. The first-order valence-corrected chi connectivity index (χ1v) is 10.8. The Morgan fingerprint density at radius 2 is 1.73 bits per heavy atom. The zero-order chi connectivity index (χ0) is 21.5. The molecule has 1 atom stereocenters. The third kappa shape index (κ3) is 3.89. The quantitative estimate of drug-likeness (QED) is 0.478. The SMILES string of the molecule is CC(Sc1nnc(-c2ccc(C(C)(C)C)cc2)n1C)c1nc2ccccc2c(=O)[nH]1. The highest BCUT2D eigenvalue weighted by molar-refractivity contribution is 7.99. The minimum atomic E-state index is -0.124. The number of rotatable bonds is 4. The summed E-state index contributed by atoms with van der Waals surface area (Å²) in [6.45, 7) is 8.60. The molecule has 7 heteroatoms. The number of para-hydroxylation sites is 1. The molecule has 0 radical (unpaired) electrons. The summed E-state index contributed by atoms with van der Waals surface area (Å²) in [5.41, 5.74) is 2.98. The van der Waals surface area contributed by atoms with E-state index < -0.39 is 0 Å². The lowest BCUT2D eigenvalue weighted by Gasteiger charge is -2.19. The summed E-state index contributed by atoms with van der Waals surface area (Å²) in [7, 11) is 1.96. The summed E-state index contributed by atoms with van der Waals surface area (Å²) < 4.78 is 1.98. The van der Waals surface area contributed by atoms with E-state index in [2.05, 4.69) is 65.2 Å². The molecule has 1 N–H and O–H groups in total. The fraction of sp³-hybridized carbons (Fsp3) is 0.304. The van der Waals surface area contributed by atoms with Gasteiger partial charge in [-0.2, -0.15) is 0 Å². The molecule has 0 amide bonds. The van der Waals surface area contributed by atoms with Crippen LogP contribution in [0.1, 0.15) is 44.3 Å². The third-order valence-electron chi connectivity index (χ3n) is 5.14. The van der Waals surface area contributed by atoms with Crippen LogP contribution in [-0.4, -0.2) is 24.7 Å². The largest absolute Gasteiger partial charge is 0.309 e. The van der Waals surface area contributed by atoms with Gasteiger partial charge in [-0.05, 0) is 30.0 Å². The highest BCUT2D eigenvalue weighted by Gasteiger charge is 2.19. The maximum absolute atomic E-state index is 12.4. The standard InChI is InChI=1S/C23H25N5OS/c1-14(19-24-18-9-7-6-8-17(18)21(29)25-19)30-22-27-26-20(28(22)5)15-10-12-16(13-11-15)23(2,3)4/h6-14H,1-5H3,(H,24,25,29). The van der Waals surface area contributed by atoms with Crippen LogP contribution in [0.5, 0.6) is 0 Å². The number of benzene rings is 2. The molecule has 4 rings (SSSR count). The van der Waals surface area contributed by atoms with Crippen molar-refractivity contribution >= 4 is 22.7 Å². The maximum atomic E-state index is 12.4. The smallest absolute Gasteiger partial charge is 0.258 e. The van der Waals surface area contributed by atoms with Crippen molar-refractivity contribution in [3.8, 4) is 11.4 Å². The molecule has 0 bridgehead atoms. The van der Waals surface area contributed by atoms with Gasteiger partial charge < -0.3 is 9.55 Å². The monoisotopic (exact) mass is 419 g/mol. The van der Waals surface area contributed by atoms with Gasteiger partial charge in [-0.1, -0.05) is 68.9 Å². The molecule has 4 aromatic rings. The molecule has 6 nitrogen and oxygen atoms in total. The van der Waals surface area contributed by atoms with Gasteiger partial charge in [0.15, 0.2) is 11.0 Å². The number of hydrogen-bond donors (Lipinski definition) is 1. The average Bonchev–Trinajstić information content (AvgIpc) is 3.07. The van der Waals surface area contributed by atoms with Gasteiger partial charge in [-0.15, -0.1) is 10.2 Å². The second-order valence-corrected chi connectivity index (χ2v) is 9.73. The highest BCUT2D eigenvalue weighted by atomic mass is 32.2. The second-order valence-electron chi connectivity index (χ2n) is 8.42. The Hall–Kier alpha value is -2.93. The van der Waals surface area contributed by atoms with Crippen LogP contribution >= 0.6 is 11.8 Å². The average molecular weight is 420 g/mol. The van der Waals surface area contributed by atoms with Crippen molar-refractivity contribution in [2.45, 2.75) is 43.5 Å². The van der Waals surface area contributed by atoms with E-state index in [1.807, 2.05) is 36.7 Å². The Kier molecular flexibility index (Phi) is 5.24. The van der Waals surface area contributed by atoms with Gasteiger partial charge in [-0.25, -0.2) is 4.98 Å². The van der Waals surface area contributed by atoms with E-state index in [9.17, 15) is 4.79 Å². The van der Waals surface area contributed by atoms with E-state index in [0.717, 1.165) is 16.5 Å². The van der Waals surface area contributed by atoms with Crippen molar-refractivity contribution in [2.24, 2.45) is 7.05 Å². The fourth-order valence-corrected chi connectivity index (χ4v) is 4.17. The van der Waals surface area contributed by atoms with E-state index in [0.29, 0.717) is 16.7 Å². The predicted molar refractivity (Wildman–Crippen MR) is 122 cm³/mol. The van der Waals surface area contributed by atoms with Gasteiger partial charge in [0.05, 0.1) is 16.2 Å². The lowest BCUT2D eigenvalue weighted by molar-refractivity contribution is 0.590. The summed E-state index contributed by atoms with van der Waals surface area (Å²) in [6.07, 6.45) is 0. The minimum absolute atomic E-state index is 0.0821. The van der Waals surface area contributed by atoms with Gasteiger partial charge in [0.2, 0.25) is 0 Å². The zero-order valence-corrected chi connectivity index (χ0v) is 18.6. The van der Waals surface area contributed by atoms with Crippen molar-refractivity contribution < 1.29 is 0 Å². The molecule has 154 valence electrons. The molecule has 0 fully saturated rings. The third-order valence-corrected chi connectivity index (χ3v) is 6.29. The Balaban J connectivity index is 1.59. The lowest BCUT2D eigenvalue weighted by Crippen LogP contribution is -2.13. The first kappa shape index (κ1) is 20.3. The summed E-state index contributed by atoms with van der Waals surface area (Å²) in [5, 5.41) is 10.0. The highest BCUT2D eigenvalue weighted by Crippen LogP contribution is 2.33. The lowest BCUT2D eigenvalue weighted by atomic mass is 9.87. The number of thioether (sulfide) groups is 1. The molecule has 0 aliphatic carbocycles. The molecule has 1 unspecified atom stereocenters. The minimum Gasteiger partial charge on any atom is -0.309 e. The number of nitrogens with one attached hydrogen (secondary N) is 1. The molecule has 2 aromatic carbocycles. The normalized spacial score (nSPS) is 13.0. The number of H-pyrrole nitrogens is 1. The molecule has 0 saturated heterocycles. The van der Waals surface area contributed by atoms with Crippen molar-refractivity contribution in [1.82, 2.24) is 24.7 Å². The number of aromatic nitrogens is 5. The van der Waals surface area contributed by atoms with Crippen molar-refractivity contribution in [2.75, 3.05) is 0 Å².